The Bertz CT molecular complexity index is 348. The first-order valence-corrected chi connectivity index (χ1v) is 5.99. The number of nitrogens with zero attached hydrogens (tertiary/aromatic N) is 1. The van der Waals surface area contributed by atoms with Gasteiger partial charge >= 0.3 is 0 Å². The van der Waals surface area contributed by atoms with Crippen LogP contribution in [-0.2, 0) is 0 Å². The van der Waals surface area contributed by atoms with E-state index >= 15 is 0 Å². The molecule has 0 aliphatic heterocycles. The summed E-state index contributed by atoms with van der Waals surface area (Å²) in [6.45, 7) is 0.227. The van der Waals surface area contributed by atoms with E-state index in [1.54, 1.807) is 17.8 Å². The number of aliphatic hydroxyl groups excluding tert-OH is 1. The number of hydrogen-bond donors (Lipinski definition) is 1. The lowest BCUT2D eigenvalue weighted by atomic mass is 10.2. The molecule has 2 nitrogen and oxygen atoms in total. The Morgan fingerprint density at radius 3 is 2.86 bits per heavy atom. The van der Waals surface area contributed by atoms with Gasteiger partial charge in [0.2, 0.25) is 0 Å². The Morgan fingerprint density at radius 1 is 1.50 bits per heavy atom. The second-order valence-electron chi connectivity index (χ2n) is 2.68. The van der Waals surface area contributed by atoms with Crippen LogP contribution in [-0.4, -0.2) is 17.5 Å². The van der Waals surface area contributed by atoms with Crippen molar-refractivity contribution in [2.75, 3.05) is 12.4 Å². The fourth-order valence-electron chi connectivity index (χ4n) is 0.931. The predicted octanol–water partition coefficient (Wildman–Crippen LogP) is 2.80. The molecule has 0 atom stereocenters. The topological polar surface area (TPSA) is 44.0 Å². The Hall–Kier alpha value is -0.500. The zero-order valence-electron chi connectivity index (χ0n) is 7.53. The van der Waals surface area contributed by atoms with E-state index < -0.39 is 0 Å². The largest absolute Gasteiger partial charge is 0.396 e. The first-order chi connectivity index (χ1) is 6.77. The molecule has 0 bridgehead atoms. The minimum Gasteiger partial charge on any atom is -0.396 e. The van der Waals surface area contributed by atoms with Crippen LogP contribution in [0, 0.1) is 11.3 Å². The quantitative estimate of drug-likeness (QED) is 0.677. The van der Waals surface area contributed by atoms with Gasteiger partial charge < -0.3 is 5.11 Å². The Balaban J connectivity index is 2.63. The van der Waals surface area contributed by atoms with E-state index in [0.29, 0.717) is 5.56 Å². The molecule has 0 radical (unpaired) electrons. The van der Waals surface area contributed by atoms with Gasteiger partial charge in [0.25, 0.3) is 0 Å². The summed E-state index contributed by atoms with van der Waals surface area (Å²) in [4.78, 5) is 1.12. The molecule has 0 fully saturated rings. The van der Waals surface area contributed by atoms with Gasteiger partial charge in [-0.3, -0.25) is 0 Å². The van der Waals surface area contributed by atoms with Crippen molar-refractivity contribution < 1.29 is 5.11 Å². The molecule has 0 aliphatic carbocycles. The van der Waals surface area contributed by atoms with Gasteiger partial charge in [-0.15, -0.1) is 11.8 Å². The lowest BCUT2D eigenvalue weighted by Gasteiger charge is -2.01. The van der Waals surface area contributed by atoms with Gasteiger partial charge in [0, 0.05) is 21.7 Å². The summed E-state index contributed by atoms with van der Waals surface area (Å²) in [6, 6.07) is 7.74. The van der Waals surface area contributed by atoms with Crippen molar-refractivity contribution in [3.8, 4) is 6.07 Å². The standard InChI is InChI=1S/C10H10BrNOS/c11-10-6-9(14-5-1-4-13)3-2-8(10)7-12/h2-3,6,13H,1,4-5H2. The van der Waals surface area contributed by atoms with E-state index in [-0.39, 0.29) is 6.61 Å². The summed E-state index contributed by atoms with van der Waals surface area (Å²) in [5, 5.41) is 17.3. The maximum Gasteiger partial charge on any atom is 0.100 e. The summed E-state index contributed by atoms with van der Waals surface area (Å²) in [6.07, 6.45) is 0.794. The van der Waals surface area contributed by atoms with Gasteiger partial charge in [0.05, 0.1) is 5.56 Å². The molecule has 0 aromatic heterocycles. The Morgan fingerprint density at radius 2 is 2.29 bits per heavy atom. The summed E-state index contributed by atoms with van der Waals surface area (Å²) in [5.74, 6) is 0.898. The zero-order chi connectivity index (χ0) is 10.4. The lowest BCUT2D eigenvalue weighted by Crippen LogP contribution is -1.86. The summed E-state index contributed by atoms with van der Waals surface area (Å²) >= 11 is 5.01. The number of nitriles is 1. The fraction of sp³-hybridized carbons (Fsp3) is 0.300. The van der Waals surface area contributed by atoms with Gasteiger partial charge in [-0.1, -0.05) is 0 Å². The van der Waals surface area contributed by atoms with E-state index in [1.165, 1.54) is 0 Å². The molecule has 0 aliphatic rings. The van der Waals surface area contributed by atoms with E-state index in [1.807, 2.05) is 12.1 Å². The van der Waals surface area contributed by atoms with E-state index in [9.17, 15) is 0 Å². The highest BCUT2D eigenvalue weighted by Gasteiger charge is 2.00. The normalized spacial score (nSPS) is 9.79. The molecule has 74 valence electrons. The third kappa shape index (κ3) is 3.33. The molecule has 1 N–H and O–H groups in total. The second kappa shape index (κ2) is 6.07. The zero-order valence-corrected chi connectivity index (χ0v) is 9.94. The molecule has 1 aromatic rings. The van der Waals surface area contributed by atoms with Crippen LogP contribution in [0.5, 0.6) is 0 Å². The monoisotopic (exact) mass is 271 g/mol. The van der Waals surface area contributed by atoms with Gasteiger partial charge in [0.15, 0.2) is 0 Å². The van der Waals surface area contributed by atoms with Crippen molar-refractivity contribution in [2.45, 2.75) is 11.3 Å². The van der Waals surface area contributed by atoms with Crippen molar-refractivity contribution in [3.05, 3.63) is 28.2 Å². The number of aliphatic hydroxyl groups is 1. The van der Waals surface area contributed by atoms with Crippen LogP contribution < -0.4 is 0 Å². The highest BCUT2D eigenvalue weighted by atomic mass is 79.9. The van der Waals surface area contributed by atoms with Crippen LogP contribution in [0.2, 0.25) is 0 Å². The molecule has 4 heteroatoms. The molecule has 0 saturated carbocycles. The van der Waals surface area contributed by atoms with Gasteiger partial charge in [-0.2, -0.15) is 5.26 Å². The molecule has 14 heavy (non-hydrogen) atoms. The van der Waals surface area contributed by atoms with Crippen molar-refractivity contribution in [1.82, 2.24) is 0 Å². The van der Waals surface area contributed by atoms with Gasteiger partial charge in [0.1, 0.15) is 6.07 Å². The molecule has 0 amide bonds. The number of rotatable bonds is 4. The number of hydrogen-bond acceptors (Lipinski definition) is 3. The Labute approximate surface area is 96.1 Å². The van der Waals surface area contributed by atoms with Gasteiger partial charge in [-0.25, -0.2) is 0 Å². The van der Waals surface area contributed by atoms with Crippen LogP contribution in [0.1, 0.15) is 12.0 Å². The molecule has 1 aromatic carbocycles. The molecule has 0 spiro atoms. The lowest BCUT2D eigenvalue weighted by molar-refractivity contribution is 0.296. The van der Waals surface area contributed by atoms with Crippen LogP contribution in [0.25, 0.3) is 0 Å². The van der Waals surface area contributed by atoms with Crippen molar-refractivity contribution in [3.63, 3.8) is 0 Å². The number of halogens is 1. The van der Waals surface area contributed by atoms with Crippen LogP contribution in [0.4, 0.5) is 0 Å². The van der Waals surface area contributed by atoms with E-state index in [4.69, 9.17) is 10.4 Å². The molecule has 0 heterocycles. The molecular weight excluding hydrogens is 262 g/mol. The van der Waals surface area contributed by atoms with Crippen molar-refractivity contribution in [1.29, 1.82) is 5.26 Å². The first-order valence-electron chi connectivity index (χ1n) is 4.21. The predicted molar refractivity (Wildman–Crippen MR) is 61.3 cm³/mol. The molecular formula is C10H10BrNOS. The Kier molecular flexibility index (Phi) is 5.02. The van der Waals surface area contributed by atoms with E-state index in [2.05, 4.69) is 22.0 Å². The smallest absolute Gasteiger partial charge is 0.100 e. The van der Waals surface area contributed by atoms with Crippen molar-refractivity contribution in [2.24, 2.45) is 0 Å². The minimum absolute atomic E-state index is 0.227. The molecule has 0 unspecified atom stereocenters. The number of benzene rings is 1. The minimum atomic E-state index is 0.227. The SMILES string of the molecule is N#Cc1ccc(SCCCO)cc1Br. The summed E-state index contributed by atoms with van der Waals surface area (Å²) < 4.78 is 0.828. The fourth-order valence-corrected chi connectivity index (χ4v) is 2.42. The van der Waals surface area contributed by atoms with E-state index in [0.717, 1.165) is 21.5 Å². The number of thioether (sulfide) groups is 1. The molecule has 0 saturated heterocycles. The third-order valence-corrected chi connectivity index (χ3v) is 3.37. The summed E-state index contributed by atoms with van der Waals surface area (Å²) in [7, 11) is 0. The first kappa shape index (κ1) is 11.6. The maximum atomic E-state index is 8.70. The van der Waals surface area contributed by atoms with Crippen LogP contribution in [0.3, 0.4) is 0 Å². The highest BCUT2D eigenvalue weighted by Crippen LogP contribution is 2.25. The van der Waals surface area contributed by atoms with Crippen LogP contribution in [0.15, 0.2) is 27.6 Å². The maximum absolute atomic E-state index is 8.70. The highest BCUT2D eigenvalue weighted by molar-refractivity contribution is 9.10. The average molecular weight is 272 g/mol. The second-order valence-corrected chi connectivity index (χ2v) is 4.70. The van der Waals surface area contributed by atoms with Crippen LogP contribution >= 0.6 is 27.7 Å². The van der Waals surface area contributed by atoms with Gasteiger partial charge in [-0.05, 0) is 40.5 Å². The van der Waals surface area contributed by atoms with Crippen molar-refractivity contribution >= 4 is 27.7 Å². The average Bonchev–Trinajstić information content (AvgIpc) is 2.18. The third-order valence-electron chi connectivity index (χ3n) is 1.63. The molecule has 1 rings (SSSR count). The summed E-state index contributed by atoms with van der Waals surface area (Å²) in [5.41, 5.74) is 0.650.